The Balaban J connectivity index is 1.79. The van der Waals surface area contributed by atoms with E-state index in [4.69, 9.17) is 0 Å². The second kappa shape index (κ2) is 6.41. The molecule has 6 heteroatoms. The molecule has 4 nitrogen and oxygen atoms in total. The van der Waals surface area contributed by atoms with E-state index in [0.29, 0.717) is 19.6 Å². The van der Waals surface area contributed by atoms with E-state index in [9.17, 15) is 8.42 Å². The summed E-state index contributed by atoms with van der Waals surface area (Å²) in [6.45, 7) is 4.13. The highest BCUT2D eigenvalue weighted by molar-refractivity contribution is 7.99. The van der Waals surface area contributed by atoms with Crippen molar-refractivity contribution in [2.24, 2.45) is 0 Å². The topological polar surface area (TPSA) is 40.6 Å². The standard InChI is InChI=1S/C11H21N2O2S2/c14-17(15,13-4-2-1-3-5-13)11-8-12-6-9-16-10-7-12/h1H,2-11H2. The van der Waals surface area contributed by atoms with E-state index >= 15 is 0 Å². The van der Waals surface area contributed by atoms with Crippen LogP contribution in [0.5, 0.6) is 0 Å². The summed E-state index contributed by atoms with van der Waals surface area (Å²) in [4.78, 5) is 2.27. The molecule has 17 heavy (non-hydrogen) atoms. The highest BCUT2D eigenvalue weighted by Gasteiger charge is 2.24. The summed E-state index contributed by atoms with van der Waals surface area (Å²) in [6, 6.07) is 0. The van der Waals surface area contributed by atoms with Gasteiger partial charge >= 0.3 is 0 Å². The zero-order chi connectivity index (χ0) is 12.1. The van der Waals surface area contributed by atoms with Crippen LogP contribution in [0.1, 0.15) is 12.8 Å². The first-order valence-electron chi connectivity index (χ1n) is 6.28. The fourth-order valence-corrected chi connectivity index (χ4v) is 4.70. The predicted octanol–water partition coefficient (Wildman–Crippen LogP) is 0.665. The van der Waals surface area contributed by atoms with E-state index in [1.807, 2.05) is 11.8 Å². The molecule has 2 saturated heterocycles. The van der Waals surface area contributed by atoms with Crippen molar-refractivity contribution in [2.75, 3.05) is 50.0 Å². The number of rotatable bonds is 4. The summed E-state index contributed by atoms with van der Waals surface area (Å²) < 4.78 is 25.9. The Morgan fingerprint density at radius 2 is 1.71 bits per heavy atom. The van der Waals surface area contributed by atoms with E-state index in [1.165, 1.54) is 0 Å². The van der Waals surface area contributed by atoms with Crippen LogP contribution in [0.4, 0.5) is 0 Å². The Labute approximate surface area is 109 Å². The van der Waals surface area contributed by atoms with Gasteiger partial charge in [0.05, 0.1) is 5.75 Å². The molecule has 2 aliphatic heterocycles. The average Bonchev–Trinajstić information content (AvgIpc) is 2.39. The Bertz CT molecular complexity index is 320. The third-order valence-corrected chi connectivity index (χ3v) is 6.12. The molecule has 0 bridgehead atoms. The van der Waals surface area contributed by atoms with Gasteiger partial charge in [0.25, 0.3) is 0 Å². The van der Waals surface area contributed by atoms with Crippen molar-refractivity contribution in [3.8, 4) is 0 Å². The van der Waals surface area contributed by atoms with Gasteiger partial charge in [0.15, 0.2) is 0 Å². The smallest absolute Gasteiger partial charge is 0.215 e. The van der Waals surface area contributed by atoms with Gasteiger partial charge in [-0.25, -0.2) is 12.7 Å². The second-order valence-corrected chi connectivity index (χ2v) is 7.85. The van der Waals surface area contributed by atoms with Crippen LogP contribution in [-0.2, 0) is 10.0 Å². The first kappa shape index (κ1) is 13.6. The largest absolute Gasteiger partial charge is 0.301 e. The van der Waals surface area contributed by atoms with Gasteiger partial charge in [0, 0.05) is 44.2 Å². The Hall–Kier alpha value is 0.220. The van der Waals surface area contributed by atoms with Crippen LogP contribution in [0.3, 0.4) is 0 Å². The minimum Gasteiger partial charge on any atom is -0.301 e. The first-order valence-corrected chi connectivity index (χ1v) is 9.04. The second-order valence-electron chi connectivity index (χ2n) is 4.54. The zero-order valence-electron chi connectivity index (χ0n) is 10.2. The molecule has 0 aromatic heterocycles. The quantitative estimate of drug-likeness (QED) is 0.757. The molecule has 0 aromatic rings. The van der Waals surface area contributed by atoms with E-state index in [2.05, 4.69) is 11.3 Å². The maximum Gasteiger partial charge on any atom is 0.215 e. The van der Waals surface area contributed by atoms with Crippen molar-refractivity contribution >= 4 is 21.8 Å². The Morgan fingerprint density at radius 3 is 2.35 bits per heavy atom. The predicted molar refractivity (Wildman–Crippen MR) is 72.7 cm³/mol. The number of nitrogens with zero attached hydrogens (tertiary/aromatic N) is 2. The Morgan fingerprint density at radius 1 is 1.06 bits per heavy atom. The summed E-state index contributed by atoms with van der Waals surface area (Å²) >= 11 is 1.95. The molecule has 99 valence electrons. The van der Waals surface area contributed by atoms with Crippen molar-refractivity contribution in [2.45, 2.75) is 12.8 Å². The highest BCUT2D eigenvalue weighted by Crippen LogP contribution is 2.14. The molecule has 0 aromatic carbocycles. The summed E-state index contributed by atoms with van der Waals surface area (Å²) in [7, 11) is -3.02. The molecule has 0 saturated carbocycles. The van der Waals surface area contributed by atoms with Gasteiger partial charge in [0.2, 0.25) is 10.0 Å². The normalized spacial score (nSPS) is 24.9. The summed E-state index contributed by atoms with van der Waals surface area (Å²) in [5.74, 6) is 2.56. The van der Waals surface area contributed by atoms with Crippen LogP contribution < -0.4 is 0 Å². The van der Waals surface area contributed by atoms with Crippen LogP contribution in [0.25, 0.3) is 0 Å². The molecule has 2 aliphatic rings. The van der Waals surface area contributed by atoms with Gasteiger partial charge in [-0.1, -0.05) is 0 Å². The molecular weight excluding hydrogens is 256 g/mol. The summed E-state index contributed by atoms with van der Waals surface area (Å²) in [6.07, 6.45) is 3.98. The van der Waals surface area contributed by atoms with Crippen molar-refractivity contribution < 1.29 is 8.42 Å². The summed E-state index contributed by atoms with van der Waals surface area (Å²) in [5.41, 5.74) is 0. The maximum absolute atomic E-state index is 12.1. The highest BCUT2D eigenvalue weighted by atomic mass is 32.2. The molecule has 0 atom stereocenters. The SMILES string of the molecule is O=S(=O)(CCN1CCSCC1)N1CC[CH]CC1. The molecule has 2 rings (SSSR count). The Kier molecular flexibility index (Phi) is 5.14. The van der Waals surface area contributed by atoms with E-state index in [0.717, 1.165) is 37.4 Å². The van der Waals surface area contributed by atoms with Gasteiger partial charge in [-0.2, -0.15) is 11.8 Å². The van der Waals surface area contributed by atoms with Gasteiger partial charge in [-0.3, -0.25) is 0 Å². The maximum atomic E-state index is 12.1. The van der Waals surface area contributed by atoms with Crippen LogP contribution >= 0.6 is 11.8 Å². The van der Waals surface area contributed by atoms with Crippen LogP contribution in [0, 0.1) is 6.42 Å². The fourth-order valence-electron chi connectivity index (χ4n) is 2.20. The summed E-state index contributed by atoms with van der Waals surface area (Å²) in [5, 5.41) is 0. The molecule has 0 N–H and O–H groups in total. The molecule has 0 spiro atoms. The van der Waals surface area contributed by atoms with E-state index in [-0.39, 0.29) is 5.75 Å². The molecule has 0 amide bonds. The molecule has 2 heterocycles. The van der Waals surface area contributed by atoms with Gasteiger partial charge in [-0.15, -0.1) is 0 Å². The molecular formula is C11H21N2O2S2. The monoisotopic (exact) mass is 277 g/mol. The van der Waals surface area contributed by atoms with Gasteiger partial charge in [0.1, 0.15) is 0 Å². The van der Waals surface area contributed by atoms with Gasteiger partial charge in [-0.05, 0) is 19.3 Å². The minimum atomic E-state index is -3.02. The third kappa shape index (κ3) is 4.12. The lowest BCUT2D eigenvalue weighted by Gasteiger charge is -2.29. The van der Waals surface area contributed by atoms with Crippen molar-refractivity contribution in [1.29, 1.82) is 0 Å². The lowest BCUT2D eigenvalue weighted by atomic mass is 10.2. The number of hydrogen-bond acceptors (Lipinski definition) is 4. The lowest BCUT2D eigenvalue weighted by Crippen LogP contribution is -2.42. The molecule has 2 fully saturated rings. The number of piperidine rings is 1. The van der Waals surface area contributed by atoms with Crippen LogP contribution in [0.15, 0.2) is 0 Å². The minimum absolute atomic E-state index is 0.289. The van der Waals surface area contributed by atoms with Crippen LogP contribution in [-0.4, -0.2) is 67.6 Å². The number of thioether (sulfide) groups is 1. The third-order valence-electron chi connectivity index (χ3n) is 3.33. The van der Waals surface area contributed by atoms with Crippen LogP contribution in [0.2, 0.25) is 0 Å². The van der Waals surface area contributed by atoms with Crippen molar-refractivity contribution in [3.63, 3.8) is 0 Å². The fraction of sp³-hybridized carbons (Fsp3) is 0.909. The number of sulfonamides is 1. The first-order chi connectivity index (χ1) is 8.18. The van der Waals surface area contributed by atoms with E-state index < -0.39 is 10.0 Å². The lowest BCUT2D eigenvalue weighted by molar-refractivity contribution is 0.315. The molecule has 0 unspecified atom stereocenters. The van der Waals surface area contributed by atoms with E-state index in [1.54, 1.807) is 4.31 Å². The molecule has 0 aliphatic carbocycles. The number of hydrogen-bond donors (Lipinski definition) is 0. The van der Waals surface area contributed by atoms with Crippen molar-refractivity contribution in [1.82, 2.24) is 9.21 Å². The zero-order valence-corrected chi connectivity index (χ0v) is 11.8. The van der Waals surface area contributed by atoms with Crippen molar-refractivity contribution in [3.05, 3.63) is 6.42 Å². The molecule has 1 radical (unpaired) electrons. The van der Waals surface area contributed by atoms with Gasteiger partial charge < -0.3 is 4.90 Å². The average molecular weight is 277 g/mol.